The van der Waals surface area contributed by atoms with Crippen LogP contribution < -0.4 is 14.4 Å². The highest BCUT2D eigenvalue weighted by atomic mass is 35.5. The third-order valence-corrected chi connectivity index (χ3v) is 15.6. The second-order valence-electron chi connectivity index (χ2n) is 16.4. The molecular formula is C39H53ClN4O6S. The van der Waals surface area contributed by atoms with Crippen LogP contribution in [-0.2, 0) is 27.8 Å². The highest BCUT2D eigenvalue weighted by molar-refractivity contribution is 7.91. The Morgan fingerprint density at radius 1 is 1.00 bits per heavy atom. The summed E-state index contributed by atoms with van der Waals surface area (Å²) in [6, 6.07) is 11.6. The van der Waals surface area contributed by atoms with Gasteiger partial charge in [0.1, 0.15) is 12.4 Å². The molecule has 10 nitrogen and oxygen atoms in total. The van der Waals surface area contributed by atoms with Crippen LogP contribution in [0.15, 0.2) is 36.4 Å². The quantitative estimate of drug-likeness (QED) is 0.446. The van der Waals surface area contributed by atoms with Crippen molar-refractivity contribution < 1.29 is 27.8 Å². The van der Waals surface area contributed by atoms with Crippen LogP contribution in [0.1, 0.15) is 79.8 Å². The molecule has 4 heterocycles. The Balaban J connectivity index is 1.12. The van der Waals surface area contributed by atoms with E-state index in [2.05, 4.69) is 19.4 Å². The summed E-state index contributed by atoms with van der Waals surface area (Å²) in [5.41, 5.74) is 2.47. The lowest BCUT2D eigenvalue weighted by Crippen LogP contribution is -2.62. The number of hydrogen-bond acceptors (Lipinski definition) is 9. The average molecular weight is 741 g/mol. The van der Waals surface area contributed by atoms with E-state index in [0.29, 0.717) is 54.8 Å². The van der Waals surface area contributed by atoms with Crippen molar-refractivity contribution >= 4 is 33.2 Å². The summed E-state index contributed by atoms with van der Waals surface area (Å²) in [6.07, 6.45) is 7.40. The molecule has 0 spiro atoms. The van der Waals surface area contributed by atoms with Crippen molar-refractivity contribution in [3.63, 3.8) is 0 Å². The van der Waals surface area contributed by atoms with Crippen molar-refractivity contribution in [1.82, 2.24) is 14.5 Å². The Bertz CT molecular complexity index is 1740. The number of rotatable bonds is 2. The lowest BCUT2D eigenvalue weighted by Gasteiger charge is -2.52. The van der Waals surface area contributed by atoms with Crippen LogP contribution in [0, 0.1) is 17.8 Å². The van der Waals surface area contributed by atoms with E-state index in [1.165, 1.54) is 5.56 Å². The minimum absolute atomic E-state index is 0.0471. The maximum absolute atomic E-state index is 13.7. The molecule has 2 N–H and O–H groups in total. The SMILES string of the molecule is C[C@@]12C[C@H]1CCC[C@@](O)(CN1CCN3CCOC[C@@H]3C1)[C@@H]1CCC1CN1CCCCc3cc(Cl)ccc3COc3ccc(cc31)C(=O)NS2(=O)=O. The fourth-order valence-electron chi connectivity index (χ4n) is 9.70. The Hall–Kier alpha value is -2.41. The standard InChI is InChI=1S/C39H53ClN4O6S/c1-38-21-31(38)6-4-13-39(46,26-42-15-16-43-17-18-49-25-33(43)23-42)34-11-8-29(34)22-44-14-3-2-5-27-19-32(40)10-7-30(27)24-50-36-12-9-28(20-35(36)44)37(45)41-51(38,47)48/h7,9-10,12,19-20,29,31,33-34,46H,2-6,8,11,13-18,21-26H2,1H3,(H,41,45)/t29?,31-,33+,34-,38-,39-/m1/s1. The number of halogens is 1. The summed E-state index contributed by atoms with van der Waals surface area (Å²) < 4.78 is 41.2. The molecule has 1 unspecified atom stereocenters. The summed E-state index contributed by atoms with van der Waals surface area (Å²) >= 11 is 6.39. The number of amides is 1. The number of nitrogens with one attached hydrogen (secondary N) is 1. The number of carbonyl (C=O) groups is 1. The summed E-state index contributed by atoms with van der Waals surface area (Å²) in [6.45, 7) is 9.54. The van der Waals surface area contributed by atoms with Gasteiger partial charge < -0.3 is 19.5 Å². The molecule has 0 aromatic heterocycles. The minimum Gasteiger partial charge on any atom is -0.487 e. The first kappa shape index (κ1) is 35.6. The first-order chi connectivity index (χ1) is 24.5. The van der Waals surface area contributed by atoms with E-state index >= 15 is 0 Å². The first-order valence-corrected chi connectivity index (χ1v) is 21.0. The van der Waals surface area contributed by atoms with E-state index in [9.17, 15) is 18.3 Å². The van der Waals surface area contributed by atoms with Gasteiger partial charge in [-0.1, -0.05) is 24.1 Å². The molecule has 4 fully saturated rings. The minimum atomic E-state index is -3.93. The van der Waals surface area contributed by atoms with Crippen LogP contribution in [0.25, 0.3) is 0 Å². The van der Waals surface area contributed by atoms with Crippen LogP contribution in [0.3, 0.4) is 0 Å². The van der Waals surface area contributed by atoms with Crippen molar-refractivity contribution in [1.29, 1.82) is 0 Å². The zero-order valence-electron chi connectivity index (χ0n) is 29.8. The third kappa shape index (κ3) is 7.15. The predicted molar refractivity (Wildman–Crippen MR) is 198 cm³/mol. The van der Waals surface area contributed by atoms with Gasteiger partial charge in [0, 0.05) is 62.4 Å². The Morgan fingerprint density at radius 3 is 2.73 bits per heavy atom. The number of morpholine rings is 1. The number of benzene rings is 2. The molecule has 2 aromatic rings. The van der Waals surface area contributed by atoms with E-state index in [-0.39, 0.29) is 17.8 Å². The highest BCUT2D eigenvalue weighted by Crippen LogP contribution is 2.53. The topological polar surface area (TPSA) is 112 Å². The summed E-state index contributed by atoms with van der Waals surface area (Å²) in [5, 5.41) is 13.5. The number of aryl methyl sites for hydroxylation is 1. The van der Waals surface area contributed by atoms with Gasteiger partial charge in [0.2, 0.25) is 10.0 Å². The second-order valence-corrected chi connectivity index (χ2v) is 19.0. The Labute approximate surface area is 307 Å². The largest absolute Gasteiger partial charge is 0.487 e. The fourth-order valence-corrected chi connectivity index (χ4v) is 11.5. The molecule has 6 aliphatic rings. The molecule has 6 atom stereocenters. The van der Waals surface area contributed by atoms with E-state index in [1.54, 1.807) is 13.0 Å². The van der Waals surface area contributed by atoms with E-state index in [4.69, 9.17) is 21.1 Å². The maximum atomic E-state index is 13.7. The molecule has 51 heavy (non-hydrogen) atoms. The normalized spacial score (nSPS) is 34.6. The first-order valence-electron chi connectivity index (χ1n) is 19.1. The number of fused-ring (bicyclic) bond motifs is 5. The number of anilines is 1. The van der Waals surface area contributed by atoms with Crippen LogP contribution in [-0.4, -0.2) is 105 Å². The van der Waals surface area contributed by atoms with Gasteiger partial charge >= 0.3 is 0 Å². The van der Waals surface area contributed by atoms with Gasteiger partial charge in [0.15, 0.2) is 0 Å². The zero-order valence-corrected chi connectivity index (χ0v) is 31.4. The lowest BCUT2D eigenvalue weighted by molar-refractivity contribution is -0.120. The number of β-amino-alcohol motifs (C(OH)–C–C–N with tert-alkyl or cyclic N) is 1. The molecule has 278 valence electrons. The molecule has 12 heteroatoms. The lowest BCUT2D eigenvalue weighted by atomic mass is 9.62. The van der Waals surface area contributed by atoms with Crippen molar-refractivity contribution in [3.05, 3.63) is 58.1 Å². The fraction of sp³-hybridized carbons (Fsp3) is 0.667. The van der Waals surface area contributed by atoms with E-state index < -0.39 is 26.3 Å². The zero-order chi connectivity index (χ0) is 35.4. The smallest absolute Gasteiger partial charge is 0.264 e. The molecule has 2 saturated carbocycles. The number of hydrogen-bond donors (Lipinski definition) is 2. The van der Waals surface area contributed by atoms with Crippen molar-refractivity contribution in [3.8, 4) is 5.75 Å². The number of sulfonamides is 1. The molecule has 4 aliphatic heterocycles. The summed E-state index contributed by atoms with van der Waals surface area (Å²) in [5.74, 6) is 0.409. The molecule has 2 saturated heterocycles. The maximum Gasteiger partial charge on any atom is 0.264 e. The Kier molecular flexibility index (Phi) is 9.85. The number of piperazine rings is 1. The van der Waals surface area contributed by atoms with Gasteiger partial charge in [-0.3, -0.25) is 14.6 Å². The molecule has 2 bridgehead atoms. The van der Waals surface area contributed by atoms with Crippen molar-refractivity contribution in [2.45, 2.75) is 87.7 Å². The van der Waals surface area contributed by atoms with Crippen LogP contribution in [0.5, 0.6) is 5.75 Å². The molecular weight excluding hydrogens is 688 g/mol. The third-order valence-electron chi connectivity index (χ3n) is 13.2. The average Bonchev–Trinajstić information content (AvgIpc) is 3.77. The summed E-state index contributed by atoms with van der Waals surface area (Å²) in [7, 11) is -3.93. The van der Waals surface area contributed by atoms with E-state index in [1.807, 2.05) is 30.3 Å². The van der Waals surface area contributed by atoms with Gasteiger partial charge in [0.25, 0.3) is 5.91 Å². The van der Waals surface area contributed by atoms with Crippen LogP contribution in [0.2, 0.25) is 5.02 Å². The molecule has 8 rings (SSSR count). The van der Waals surface area contributed by atoms with Gasteiger partial charge in [-0.25, -0.2) is 13.1 Å². The highest BCUT2D eigenvalue weighted by Gasteiger charge is 2.60. The molecule has 1 amide bonds. The number of aliphatic hydroxyl groups is 1. The van der Waals surface area contributed by atoms with E-state index in [0.717, 1.165) is 102 Å². The van der Waals surface area contributed by atoms with Gasteiger partial charge in [-0.15, -0.1) is 0 Å². The number of carbonyl (C=O) groups excluding carboxylic acids is 1. The van der Waals surface area contributed by atoms with Gasteiger partial charge in [0.05, 0.1) is 29.2 Å². The second kappa shape index (κ2) is 14.1. The monoisotopic (exact) mass is 740 g/mol. The summed E-state index contributed by atoms with van der Waals surface area (Å²) in [4.78, 5) is 20.9. The molecule has 0 radical (unpaired) electrons. The van der Waals surface area contributed by atoms with Gasteiger partial charge in [-0.2, -0.15) is 0 Å². The predicted octanol–water partition coefficient (Wildman–Crippen LogP) is 4.86. The van der Waals surface area contributed by atoms with Gasteiger partial charge in [-0.05, 0) is 118 Å². The number of ether oxygens (including phenoxy) is 2. The van der Waals surface area contributed by atoms with Crippen molar-refractivity contribution in [2.24, 2.45) is 17.8 Å². The molecule has 2 aliphatic carbocycles. The number of nitrogens with zero attached hydrogens (tertiary/aromatic N) is 3. The van der Waals surface area contributed by atoms with Crippen LogP contribution >= 0.6 is 11.6 Å². The van der Waals surface area contributed by atoms with Crippen molar-refractivity contribution in [2.75, 3.05) is 63.9 Å². The molecule has 2 aromatic carbocycles. The van der Waals surface area contributed by atoms with Crippen LogP contribution in [0.4, 0.5) is 5.69 Å². The Morgan fingerprint density at radius 2 is 1.88 bits per heavy atom.